The first-order chi connectivity index (χ1) is 14.0. The van der Waals surface area contributed by atoms with Gasteiger partial charge in [0, 0.05) is 48.9 Å². The average Bonchev–Trinajstić information content (AvgIpc) is 3.21. The molecule has 0 atom stereocenters. The van der Waals surface area contributed by atoms with Gasteiger partial charge in [0.2, 0.25) is 23.5 Å². The summed E-state index contributed by atoms with van der Waals surface area (Å²) in [6.45, 7) is 4.04. The van der Waals surface area contributed by atoms with Crippen molar-refractivity contribution in [2.75, 3.05) is 5.32 Å². The van der Waals surface area contributed by atoms with Crippen molar-refractivity contribution in [2.24, 2.45) is 5.92 Å². The predicted molar refractivity (Wildman–Crippen MR) is 108 cm³/mol. The molecular formula is C21H23N5O3. The third-order valence-electron chi connectivity index (χ3n) is 4.18. The SMILES string of the molecule is CC(C)C(=O)Nc1cccc(CNC(=O)CCc2nc(-c3ccncc3)no2)c1. The van der Waals surface area contributed by atoms with E-state index in [-0.39, 0.29) is 24.2 Å². The van der Waals surface area contributed by atoms with Gasteiger partial charge in [0.25, 0.3) is 0 Å². The lowest BCUT2D eigenvalue weighted by Gasteiger charge is -2.10. The van der Waals surface area contributed by atoms with Gasteiger partial charge in [-0.1, -0.05) is 31.1 Å². The highest BCUT2D eigenvalue weighted by Crippen LogP contribution is 2.15. The van der Waals surface area contributed by atoms with Gasteiger partial charge in [-0.3, -0.25) is 14.6 Å². The maximum Gasteiger partial charge on any atom is 0.227 e. The lowest BCUT2D eigenvalue weighted by atomic mass is 10.1. The third-order valence-corrected chi connectivity index (χ3v) is 4.18. The van der Waals surface area contributed by atoms with E-state index < -0.39 is 0 Å². The van der Waals surface area contributed by atoms with Crippen molar-refractivity contribution in [1.82, 2.24) is 20.4 Å². The molecule has 0 aliphatic rings. The van der Waals surface area contributed by atoms with Gasteiger partial charge < -0.3 is 15.2 Å². The van der Waals surface area contributed by atoms with Crippen molar-refractivity contribution in [3.63, 3.8) is 0 Å². The molecule has 2 N–H and O–H groups in total. The van der Waals surface area contributed by atoms with E-state index in [2.05, 4.69) is 25.8 Å². The van der Waals surface area contributed by atoms with E-state index in [1.165, 1.54) is 0 Å². The highest BCUT2D eigenvalue weighted by molar-refractivity contribution is 5.92. The first kappa shape index (κ1) is 20.2. The zero-order valence-corrected chi connectivity index (χ0v) is 16.4. The fourth-order valence-electron chi connectivity index (χ4n) is 2.53. The number of carbonyl (C=O) groups is 2. The van der Waals surface area contributed by atoms with Crippen LogP contribution in [0.15, 0.2) is 53.3 Å². The van der Waals surface area contributed by atoms with Crippen LogP contribution in [0.1, 0.15) is 31.7 Å². The fourth-order valence-corrected chi connectivity index (χ4v) is 2.53. The molecule has 2 aromatic heterocycles. The number of benzene rings is 1. The minimum absolute atomic E-state index is 0.0446. The van der Waals surface area contributed by atoms with Crippen LogP contribution in [0, 0.1) is 5.92 Å². The van der Waals surface area contributed by atoms with Gasteiger partial charge >= 0.3 is 0 Å². The molecule has 3 rings (SSSR count). The topological polar surface area (TPSA) is 110 Å². The fraction of sp³-hybridized carbons (Fsp3) is 0.286. The van der Waals surface area contributed by atoms with Gasteiger partial charge in [0.05, 0.1) is 0 Å². The number of hydrogen-bond acceptors (Lipinski definition) is 6. The lowest BCUT2D eigenvalue weighted by molar-refractivity contribution is -0.121. The highest BCUT2D eigenvalue weighted by atomic mass is 16.5. The number of amides is 2. The summed E-state index contributed by atoms with van der Waals surface area (Å²) >= 11 is 0. The second-order valence-electron chi connectivity index (χ2n) is 6.87. The molecule has 0 aliphatic carbocycles. The normalized spacial score (nSPS) is 10.7. The van der Waals surface area contributed by atoms with Gasteiger partial charge in [0.15, 0.2) is 0 Å². The summed E-state index contributed by atoms with van der Waals surface area (Å²) in [5.41, 5.74) is 2.42. The Morgan fingerprint density at radius 2 is 1.93 bits per heavy atom. The molecule has 0 unspecified atom stereocenters. The smallest absolute Gasteiger partial charge is 0.227 e. The molecule has 0 aliphatic heterocycles. The minimum atomic E-state index is -0.120. The molecule has 0 saturated carbocycles. The Bertz CT molecular complexity index is 969. The Labute approximate surface area is 168 Å². The second-order valence-corrected chi connectivity index (χ2v) is 6.87. The molecule has 1 aromatic carbocycles. The Morgan fingerprint density at radius 3 is 2.69 bits per heavy atom. The number of nitrogens with one attached hydrogen (secondary N) is 2. The van der Waals surface area contributed by atoms with Crippen LogP contribution in [-0.2, 0) is 22.6 Å². The van der Waals surface area contributed by atoms with E-state index in [0.717, 1.165) is 11.1 Å². The first-order valence-corrected chi connectivity index (χ1v) is 9.41. The van der Waals surface area contributed by atoms with E-state index in [0.29, 0.717) is 30.4 Å². The van der Waals surface area contributed by atoms with Crippen molar-refractivity contribution in [3.05, 3.63) is 60.2 Å². The summed E-state index contributed by atoms with van der Waals surface area (Å²) in [4.78, 5) is 32.2. The molecule has 0 spiro atoms. The quantitative estimate of drug-likeness (QED) is 0.609. The van der Waals surface area contributed by atoms with Crippen LogP contribution in [0.25, 0.3) is 11.4 Å². The van der Waals surface area contributed by atoms with Gasteiger partial charge in [-0.15, -0.1) is 0 Å². The molecular weight excluding hydrogens is 370 g/mol. The van der Waals surface area contributed by atoms with Crippen molar-refractivity contribution in [2.45, 2.75) is 33.2 Å². The number of aryl methyl sites for hydroxylation is 1. The molecule has 8 nitrogen and oxygen atoms in total. The van der Waals surface area contributed by atoms with Gasteiger partial charge in [-0.25, -0.2) is 0 Å². The van der Waals surface area contributed by atoms with Crippen molar-refractivity contribution in [3.8, 4) is 11.4 Å². The van der Waals surface area contributed by atoms with Crippen LogP contribution in [0.4, 0.5) is 5.69 Å². The van der Waals surface area contributed by atoms with Crippen molar-refractivity contribution in [1.29, 1.82) is 0 Å². The Hall–Kier alpha value is -3.55. The first-order valence-electron chi connectivity index (χ1n) is 9.41. The maximum atomic E-state index is 12.1. The average molecular weight is 393 g/mol. The van der Waals surface area contributed by atoms with Crippen LogP contribution in [0.3, 0.4) is 0 Å². The molecule has 29 heavy (non-hydrogen) atoms. The number of hydrogen-bond donors (Lipinski definition) is 2. The number of aromatic nitrogens is 3. The molecule has 2 heterocycles. The van der Waals surface area contributed by atoms with E-state index in [1.54, 1.807) is 24.5 Å². The van der Waals surface area contributed by atoms with Crippen LogP contribution in [0.5, 0.6) is 0 Å². The van der Waals surface area contributed by atoms with E-state index in [1.807, 2.05) is 38.1 Å². The Morgan fingerprint density at radius 1 is 1.14 bits per heavy atom. The Balaban J connectivity index is 1.47. The number of nitrogens with zero attached hydrogens (tertiary/aromatic N) is 3. The molecule has 3 aromatic rings. The predicted octanol–water partition coefficient (Wildman–Crippen LogP) is 2.98. The van der Waals surface area contributed by atoms with Crippen LogP contribution in [0.2, 0.25) is 0 Å². The maximum absolute atomic E-state index is 12.1. The van der Waals surface area contributed by atoms with E-state index >= 15 is 0 Å². The van der Waals surface area contributed by atoms with Crippen LogP contribution >= 0.6 is 0 Å². The molecule has 0 saturated heterocycles. The van der Waals surface area contributed by atoms with Crippen LogP contribution in [-0.4, -0.2) is 26.9 Å². The van der Waals surface area contributed by atoms with E-state index in [9.17, 15) is 9.59 Å². The molecule has 150 valence electrons. The Kier molecular flexibility index (Phi) is 6.67. The number of pyridine rings is 1. The molecule has 8 heteroatoms. The molecule has 0 bridgehead atoms. The minimum Gasteiger partial charge on any atom is -0.352 e. The monoisotopic (exact) mass is 393 g/mol. The second kappa shape index (κ2) is 9.59. The summed E-state index contributed by atoms with van der Waals surface area (Å²) in [6.07, 6.45) is 3.90. The largest absolute Gasteiger partial charge is 0.352 e. The number of rotatable bonds is 8. The summed E-state index contributed by atoms with van der Waals surface area (Å²) in [7, 11) is 0. The lowest BCUT2D eigenvalue weighted by Crippen LogP contribution is -2.23. The summed E-state index contributed by atoms with van der Waals surface area (Å²) < 4.78 is 5.20. The summed E-state index contributed by atoms with van der Waals surface area (Å²) in [6, 6.07) is 11.0. The number of carbonyl (C=O) groups excluding carboxylic acids is 2. The van der Waals surface area contributed by atoms with Gasteiger partial charge in [-0.05, 0) is 29.8 Å². The zero-order chi connectivity index (χ0) is 20.6. The van der Waals surface area contributed by atoms with Gasteiger partial charge in [-0.2, -0.15) is 4.98 Å². The molecule has 0 radical (unpaired) electrons. The zero-order valence-electron chi connectivity index (χ0n) is 16.4. The van der Waals surface area contributed by atoms with Crippen LogP contribution < -0.4 is 10.6 Å². The van der Waals surface area contributed by atoms with Crippen molar-refractivity contribution >= 4 is 17.5 Å². The van der Waals surface area contributed by atoms with Gasteiger partial charge in [0.1, 0.15) is 0 Å². The molecule has 0 fully saturated rings. The molecule has 2 amide bonds. The van der Waals surface area contributed by atoms with Crippen molar-refractivity contribution < 1.29 is 14.1 Å². The van der Waals surface area contributed by atoms with E-state index in [4.69, 9.17) is 4.52 Å². The number of anilines is 1. The summed E-state index contributed by atoms with van der Waals surface area (Å²) in [5, 5.41) is 9.63. The summed E-state index contributed by atoms with van der Waals surface area (Å²) in [5.74, 6) is 0.623. The standard InChI is InChI=1S/C21H23N5O3/c1-14(2)21(28)24-17-5-3-4-15(12-17)13-23-18(27)6-7-19-25-20(26-29-19)16-8-10-22-11-9-16/h3-5,8-12,14H,6-7,13H2,1-2H3,(H,23,27)(H,24,28). The third kappa shape index (κ3) is 5.97. The highest BCUT2D eigenvalue weighted by Gasteiger charge is 2.11.